The molecular formula is C16H17BrINO. The molecule has 2 aromatic carbocycles. The maximum Gasteiger partial charge on any atom is 0.131 e. The largest absolute Gasteiger partial charge is 0.457 e. The van der Waals surface area contributed by atoms with Crippen molar-refractivity contribution in [1.29, 1.82) is 0 Å². The van der Waals surface area contributed by atoms with Gasteiger partial charge < -0.3 is 10.5 Å². The van der Waals surface area contributed by atoms with E-state index in [4.69, 9.17) is 10.5 Å². The molecule has 0 fully saturated rings. The molecule has 2 N–H and O–H groups in total. The first kappa shape index (κ1) is 15.8. The molecule has 0 radical (unpaired) electrons. The van der Waals surface area contributed by atoms with Gasteiger partial charge >= 0.3 is 0 Å². The first-order valence-corrected chi connectivity index (χ1v) is 8.43. The standard InChI is InChI=1S/C16H17BrINO/c1-2-14(19)8-11-6-7-12(17)9-16(11)20-15-5-3-4-13(18)10-15/h3-7,9-10,14H,2,8,19H2,1H3. The van der Waals surface area contributed by atoms with Crippen LogP contribution in [-0.4, -0.2) is 6.04 Å². The highest BCUT2D eigenvalue weighted by Gasteiger charge is 2.10. The van der Waals surface area contributed by atoms with E-state index in [-0.39, 0.29) is 6.04 Å². The number of benzene rings is 2. The van der Waals surface area contributed by atoms with Gasteiger partial charge in [-0.3, -0.25) is 0 Å². The molecule has 2 nitrogen and oxygen atoms in total. The van der Waals surface area contributed by atoms with Crippen LogP contribution in [0.15, 0.2) is 46.9 Å². The van der Waals surface area contributed by atoms with Crippen LogP contribution in [0.1, 0.15) is 18.9 Å². The van der Waals surface area contributed by atoms with Crippen LogP contribution in [-0.2, 0) is 6.42 Å². The van der Waals surface area contributed by atoms with Crippen molar-refractivity contribution in [3.63, 3.8) is 0 Å². The number of ether oxygens (including phenoxy) is 1. The number of nitrogens with two attached hydrogens (primary N) is 1. The summed E-state index contributed by atoms with van der Waals surface area (Å²) >= 11 is 5.77. The van der Waals surface area contributed by atoms with E-state index < -0.39 is 0 Å². The Morgan fingerprint density at radius 2 is 2.05 bits per heavy atom. The Labute approximate surface area is 142 Å². The molecule has 20 heavy (non-hydrogen) atoms. The molecule has 0 heterocycles. The highest BCUT2D eigenvalue weighted by molar-refractivity contribution is 14.1. The third-order valence-corrected chi connectivity index (χ3v) is 4.22. The third-order valence-electron chi connectivity index (χ3n) is 3.06. The number of hydrogen-bond donors (Lipinski definition) is 1. The van der Waals surface area contributed by atoms with E-state index in [0.29, 0.717) is 0 Å². The highest BCUT2D eigenvalue weighted by Crippen LogP contribution is 2.30. The lowest BCUT2D eigenvalue weighted by atomic mass is 10.0. The summed E-state index contributed by atoms with van der Waals surface area (Å²) in [5.41, 5.74) is 7.20. The molecule has 1 unspecified atom stereocenters. The van der Waals surface area contributed by atoms with Gasteiger partial charge in [0, 0.05) is 14.1 Å². The molecule has 4 heteroatoms. The summed E-state index contributed by atoms with van der Waals surface area (Å²) in [6, 6.07) is 14.3. The first-order chi connectivity index (χ1) is 9.58. The van der Waals surface area contributed by atoms with E-state index in [2.05, 4.69) is 51.5 Å². The summed E-state index contributed by atoms with van der Waals surface area (Å²) < 4.78 is 8.19. The highest BCUT2D eigenvalue weighted by atomic mass is 127. The lowest BCUT2D eigenvalue weighted by molar-refractivity contribution is 0.471. The van der Waals surface area contributed by atoms with Crippen LogP contribution in [0.4, 0.5) is 0 Å². The Morgan fingerprint density at radius 3 is 2.75 bits per heavy atom. The monoisotopic (exact) mass is 445 g/mol. The minimum absolute atomic E-state index is 0.162. The van der Waals surface area contributed by atoms with Crippen molar-refractivity contribution in [2.24, 2.45) is 5.73 Å². The molecule has 0 bridgehead atoms. The molecule has 1 atom stereocenters. The quantitative estimate of drug-likeness (QED) is 0.647. The van der Waals surface area contributed by atoms with E-state index >= 15 is 0 Å². The number of rotatable bonds is 5. The Morgan fingerprint density at radius 1 is 1.25 bits per heavy atom. The molecule has 0 saturated carbocycles. The SMILES string of the molecule is CCC(N)Cc1ccc(Br)cc1Oc1cccc(I)c1. The molecule has 0 saturated heterocycles. The second kappa shape index (κ2) is 7.43. The van der Waals surface area contributed by atoms with Crippen LogP contribution < -0.4 is 10.5 Å². The summed E-state index contributed by atoms with van der Waals surface area (Å²) in [5.74, 6) is 1.71. The molecule has 2 rings (SSSR count). The van der Waals surface area contributed by atoms with Gasteiger partial charge in [0.1, 0.15) is 11.5 Å². The van der Waals surface area contributed by atoms with Crippen molar-refractivity contribution in [1.82, 2.24) is 0 Å². The molecule has 106 valence electrons. The van der Waals surface area contributed by atoms with Crippen molar-refractivity contribution in [2.75, 3.05) is 0 Å². The topological polar surface area (TPSA) is 35.2 Å². The zero-order valence-corrected chi connectivity index (χ0v) is 15.0. The molecule has 0 amide bonds. The van der Waals surface area contributed by atoms with Gasteiger partial charge in [-0.15, -0.1) is 0 Å². The fourth-order valence-electron chi connectivity index (χ4n) is 1.88. The zero-order valence-electron chi connectivity index (χ0n) is 11.3. The van der Waals surface area contributed by atoms with Crippen LogP contribution in [0.2, 0.25) is 0 Å². The van der Waals surface area contributed by atoms with E-state index in [1.165, 1.54) is 0 Å². The van der Waals surface area contributed by atoms with Gasteiger partial charge in [-0.05, 0) is 71.3 Å². The smallest absolute Gasteiger partial charge is 0.131 e. The average Bonchev–Trinajstić information content (AvgIpc) is 2.41. The summed E-state index contributed by atoms with van der Waals surface area (Å²) in [6.45, 7) is 2.10. The summed E-state index contributed by atoms with van der Waals surface area (Å²) in [6.07, 6.45) is 1.78. The van der Waals surface area contributed by atoms with Gasteiger partial charge in [0.2, 0.25) is 0 Å². The van der Waals surface area contributed by atoms with E-state index in [9.17, 15) is 0 Å². The molecule has 0 aromatic heterocycles. The predicted molar refractivity (Wildman–Crippen MR) is 95.3 cm³/mol. The Kier molecular flexibility index (Phi) is 5.86. The minimum atomic E-state index is 0.162. The molecule has 0 spiro atoms. The van der Waals surface area contributed by atoms with Crippen LogP contribution >= 0.6 is 38.5 Å². The van der Waals surface area contributed by atoms with Gasteiger partial charge in [-0.25, -0.2) is 0 Å². The fraction of sp³-hybridized carbons (Fsp3) is 0.250. The van der Waals surface area contributed by atoms with Crippen molar-refractivity contribution in [3.8, 4) is 11.5 Å². The predicted octanol–water partition coefficient (Wildman–Crippen LogP) is 5.13. The lowest BCUT2D eigenvalue weighted by Gasteiger charge is -2.15. The van der Waals surface area contributed by atoms with E-state index in [1.54, 1.807) is 0 Å². The number of hydrogen-bond acceptors (Lipinski definition) is 2. The van der Waals surface area contributed by atoms with Gasteiger partial charge in [0.25, 0.3) is 0 Å². The first-order valence-electron chi connectivity index (χ1n) is 6.56. The Hall–Kier alpha value is -0.590. The Balaban J connectivity index is 2.27. The normalized spacial score (nSPS) is 12.2. The van der Waals surface area contributed by atoms with Crippen molar-refractivity contribution >= 4 is 38.5 Å². The summed E-state index contributed by atoms with van der Waals surface area (Å²) in [7, 11) is 0. The van der Waals surface area contributed by atoms with Gasteiger partial charge in [0.15, 0.2) is 0 Å². The Bertz CT molecular complexity index is 588. The average molecular weight is 446 g/mol. The zero-order chi connectivity index (χ0) is 14.5. The molecule has 0 aliphatic carbocycles. The number of halogens is 2. The molecule has 0 aliphatic rings. The van der Waals surface area contributed by atoms with Gasteiger partial charge in [0.05, 0.1) is 0 Å². The lowest BCUT2D eigenvalue weighted by Crippen LogP contribution is -2.21. The van der Waals surface area contributed by atoms with E-state index in [0.717, 1.165) is 37.9 Å². The maximum absolute atomic E-state index is 6.06. The van der Waals surface area contributed by atoms with Crippen LogP contribution in [0.5, 0.6) is 11.5 Å². The maximum atomic E-state index is 6.06. The molecule has 0 aliphatic heterocycles. The fourth-order valence-corrected chi connectivity index (χ4v) is 2.73. The van der Waals surface area contributed by atoms with Crippen molar-refractivity contribution in [3.05, 3.63) is 56.1 Å². The van der Waals surface area contributed by atoms with Crippen LogP contribution in [0.25, 0.3) is 0 Å². The van der Waals surface area contributed by atoms with Crippen molar-refractivity contribution < 1.29 is 4.74 Å². The van der Waals surface area contributed by atoms with Crippen LogP contribution in [0, 0.1) is 3.57 Å². The summed E-state index contributed by atoms with van der Waals surface area (Å²) in [5, 5.41) is 0. The molecule has 2 aromatic rings. The van der Waals surface area contributed by atoms with Crippen molar-refractivity contribution in [2.45, 2.75) is 25.8 Å². The second-order valence-electron chi connectivity index (χ2n) is 4.68. The van der Waals surface area contributed by atoms with Crippen LogP contribution in [0.3, 0.4) is 0 Å². The van der Waals surface area contributed by atoms with E-state index in [1.807, 2.05) is 36.4 Å². The summed E-state index contributed by atoms with van der Waals surface area (Å²) in [4.78, 5) is 0. The third kappa shape index (κ3) is 4.46. The molecular weight excluding hydrogens is 429 g/mol. The van der Waals surface area contributed by atoms with Gasteiger partial charge in [-0.1, -0.05) is 35.0 Å². The second-order valence-corrected chi connectivity index (χ2v) is 6.85. The minimum Gasteiger partial charge on any atom is -0.457 e. The van der Waals surface area contributed by atoms with Gasteiger partial charge in [-0.2, -0.15) is 0 Å².